The van der Waals surface area contributed by atoms with Gasteiger partial charge in [-0.25, -0.2) is 13.2 Å². The molecule has 0 saturated heterocycles. The molecule has 2 aromatic carbocycles. The molecule has 274 valence electrons. The summed E-state index contributed by atoms with van der Waals surface area (Å²) in [7, 11) is -0.846. The van der Waals surface area contributed by atoms with Gasteiger partial charge in [0, 0.05) is 44.0 Å². The van der Waals surface area contributed by atoms with Crippen LogP contribution < -0.4 is 19.5 Å². The maximum atomic E-state index is 14.4. The zero-order valence-corrected chi connectivity index (χ0v) is 30.6. The van der Waals surface area contributed by atoms with Gasteiger partial charge in [-0.1, -0.05) is 12.1 Å². The topological polar surface area (TPSA) is 173 Å². The van der Waals surface area contributed by atoms with Crippen molar-refractivity contribution in [3.63, 3.8) is 0 Å². The molecule has 0 saturated carbocycles. The zero-order valence-electron chi connectivity index (χ0n) is 29.8. The van der Waals surface area contributed by atoms with E-state index in [1.54, 1.807) is 56.3 Å². The number of aliphatic hydroxyl groups is 1. The first-order valence-electron chi connectivity index (χ1n) is 16.7. The molecule has 0 spiro atoms. The molecule has 3 amide bonds. The predicted octanol–water partition coefficient (Wildman–Crippen LogP) is 5.06. The molecule has 0 aliphatic carbocycles. The second-order valence-corrected chi connectivity index (χ2v) is 14.4. The third-order valence-electron chi connectivity index (χ3n) is 8.68. The number of aliphatic hydroxyl groups excluding tert-OH is 1. The molecule has 0 fully saturated rings. The molecule has 4 rings (SSSR count). The van der Waals surface area contributed by atoms with Crippen LogP contribution in [0.25, 0.3) is 0 Å². The van der Waals surface area contributed by atoms with E-state index in [0.29, 0.717) is 30.2 Å². The van der Waals surface area contributed by atoms with Crippen LogP contribution in [0.2, 0.25) is 0 Å². The van der Waals surface area contributed by atoms with Crippen molar-refractivity contribution in [3.8, 4) is 11.5 Å². The number of urea groups is 1. The average molecular weight is 716 g/mol. The number of fused-ring (bicyclic) bond motifs is 1. The third-order valence-corrected chi connectivity index (χ3v) is 10.3. The van der Waals surface area contributed by atoms with E-state index in [-0.39, 0.29) is 65.3 Å². The summed E-state index contributed by atoms with van der Waals surface area (Å²) in [5.41, 5.74) is 1.09. The Morgan fingerprint density at radius 3 is 2.48 bits per heavy atom. The summed E-state index contributed by atoms with van der Waals surface area (Å²) in [6, 6.07) is 10.6. The minimum Gasteiger partial charge on any atom is -0.497 e. The van der Waals surface area contributed by atoms with Gasteiger partial charge in [-0.15, -0.1) is 0 Å². The minimum absolute atomic E-state index is 0.0770. The second kappa shape index (κ2) is 17.1. The van der Waals surface area contributed by atoms with Crippen LogP contribution in [0.5, 0.6) is 11.5 Å². The number of aromatic nitrogens is 1. The SMILES string of the molecule is COc1ccc(NC(=O)N(C)C[C@@H]2OCCCC[C@@H](C)Oc3ccc(NS(=O)(=O)c4c(C)noc4C)cc3C(=O)N([C@H](C)CO)C[C@@H]2C)cc1. The zero-order chi connectivity index (χ0) is 36.6. The Hall–Kier alpha value is -4.34. The number of hydrogen-bond acceptors (Lipinski definition) is 10. The molecule has 2 heterocycles. The molecule has 1 aliphatic rings. The molecule has 3 aromatic rings. The highest BCUT2D eigenvalue weighted by Crippen LogP contribution is 2.30. The number of benzene rings is 2. The Morgan fingerprint density at radius 2 is 1.84 bits per heavy atom. The molecule has 1 aromatic heterocycles. The van der Waals surface area contributed by atoms with Gasteiger partial charge in [0.15, 0.2) is 10.7 Å². The molecule has 0 bridgehead atoms. The van der Waals surface area contributed by atoms with Crippen LogP contribution >= 0.6 is 0 Å². The van der Waals surface area contributed by atoms with E-state index in [2.05, 4.69) is 15.2 Å². The van der Waals surface area contributed by atoms with Crippen molar-refractivity contribution >= 4 is 33.3 Å². The molecule has 3 N–H and O–H groups in total. The van der Waals surface area contributed by atoms with E-state index in [1.165, 1.54) is 30.9 Å². The number of anilines is 2. The van der Waals surface area contributed by atoms with Crippen LogP contribution in [-0.2, 0) is 14.8 Å². The molecule has 14 nitrogen and oxygen atoms in total. The van der Waals surface area contributed by atoms with E-state index >= 15 is 0 Å². The standard InChI is InChI=1S/C35H49N5O9S/c1-22-19-40(23(2)21-41)34(42)30-18-28(38-50(44,45)33-25(4)37-49-26(33)5)13-16-31(30)48-24(3)10-8-9-17-47-32(22)20-39(6)35(43)36-27-11-14-29(46-7)15-12-27/h11-16,18,22-24,32,38,41H,8-10,17,19-21H2,1-7H3,(H,36,43)/t22-,23+,24+,32-/m0/s1. The highest BCUT2D eigenvalue weighted by atomic mass is 32.2. The number of likely N-dealkylation sites (N-methyl/N-ethyl adjacent to an activating group) is 1. The fourth-order valence-electron chi connectivity index (χ4n) is 5.76. The van der Waals surface area contributed by atoms with Gasteiger partial charge < -0.3 is 39.0 Å². The Kier molecular flexibility index (Phi) is 13.1. The maximum Gasteiger partial charge on any atom is 0.321 e. The Balaban J connectivity index is 1.62. The van der Waals surface area contributed by atoms with Gasteiger partial charge in [-0.2, -0.15) is 0 Å². The molecular weight excluding hydrogens is 666 g/mol. The normalized spacial score (nSPS) is 19.8. The van der Waals surface area contributed by atoms with Crippen LogP contribution in [-0.4, -0.2) is 99.1 Å². The summed E-state index contributed by atoms with van der Waals surface area (Å²) in [6.07, 6.45) is 1.51. The molecule has 15 heteroatoms. The molecule has 0 unspecified atom stereocenters. The van der Waals surface area contributed by atoms with Gasteiger partial charge in [0.05, 0.1) is 37.5 Å². The molecule has 4 atom stereocenters. The van der Waals surface area contributed by atoms with E-state index in [1.807, 2.05) is 13.8 Å². The van der Waals surface area contributed by atoms with Crippen molar-refractivity contribution in [2.45, 2.75) is 77.0 Å². The summed E-state index contributed by atoms with van der Waals surface area (Å²) in [5.74, 6) is 0.370. The third kappa shape index (κ3) is 9.67. The van der Waals surface area contributed by atoms with Gasteiger partial charge in [0.2, 0.25) is 0 Å². The lowest BCUT2D eigenvalue weighted by atomic mass is 10.0. The summed E-state index contributed by atoms with van der Waals surface area (Å²) < 4.78 is 52.1. The molecule has 0 radical (unpaired) electrons. The van der Waals surface area contributed by atoms with E-state index in [4.69, 9.17) is 18.7 Å². The van der Waals surface area contributed by atoms with Crippen molar-refractivity contribution in [3.05, 3.63) is 59.5 Å². The monoisotopic (exact) mass is 715 g/mol. The summed E-state index contributed by atoms with van der Waals surface area (Å²) in [6.45, 7) is 9.15. The highest BCUT2D eigenvalue weighted by molar-refractivity contribution is 7.92. The van der Waals surface area contributed by atoms with Crippen molar-refractivity contribution in [2.75, 3.05) is 50.5 Å². The quantitative estimate of drug-likeness (QED) is 0.272. The molecule has 50 heavy (non-hydrogen) atoms. The Bertz CT molecular complexity index is 1690. The summed E-state index contributed by atoms with van der Waals surface area (Å²) >= 11 is 0. The summed E-state index contributed by atoms with van der Waals surface area (Å²) in [4.78, 5) is 30.6. The van der Waals surface area contributed by atoms with Gasteiger partial charge in [-0.3, -0.25) is 9.52 Å². The predicted molar refractivity (Wildman–Crippen MR) is 188 cm³/mol. The molecular formula is C35H49N5O9S. The van der Waals surface area contributed by atoms with Crippen LogP contribution in [0.1, 0.15) is 61.8 Å². The first kappa shape index (κ1) is 38.5. The number of carbonyl (C=O) groups excluding carboxylic acids is 2. The number of sulfonamides is 1. The lowest BCUT2D eigenvalue weighted by Gasteiger charge is -2.35. The number of amides is 3. The number of nitrogens with zero attached hydrogens (tertiary/aromatic N) is 3. The maximum absolute atomic E-state index is 14.4. The van der Waals surface area contributed by atoms with E-state index in [9.17, 15) is 23.1 Å². The minimum atomic E-state index is -4.10. The van der Waals surface area contributed by atoms with Crippen LogP contribution in [0.15, 0.2) is 51.9 Å². The van der Waals surface area contributed by atoms with Crippen LogP contribution in [0.3, 0.4) is 0 Å². The van der Waals surface area contributed by atoms with Gasteiger partial charge >= 0.3 is 6.03 Å². The largest absolute Gasteiger partial charge is 0.497 e. The first-order valence-corrected chi connectivity index (χ1v) is 18.2. The Morgan fingerprint density at radius 1 is 1.14 bits per heavy atom. The number of hydrogen-bond donors (Lipinski definition) is 3. The number of ether oxygens (including phenoxy) is 3. The highest BCUT2D eigenvalue weighted by Gasteiger charge is 2.32. The number of carbonyl (C=O) groups is 2. The van der Waals surface area contributed by atoms with Crippen LogP contribution in [0, 0.1) is 19.8 Å². The van der Waals surface area contributed by atoms with Crippen molar-refractivity contribution in [1.82, 2.24) is 15.0 Å². The fourth-order valence-corrected chi connectivity index (χ4v) is 7.14. The lowest BCUT2D eigenvalue weighted by molar-refractivity contribution is -0.0115. The van der Waals surface area contributed by atoms with Crippen molar-refractivity contribution in [2.24, 2.45) is 5.92 Å². The summed E-state index contributed by atoms with van der Waals surface area (Å²) in [5, 5.41) is 16.9. The lowest BCUT2D eigenvalue weighted by Crippen LogP contribution is -2.48. The van der Waals surface area contributed by atoms with Gasteiger partial charge in [0.1, 0.15) is 17.2 Å². The average Bonchev–Trinajstić information content (AvgIpc) is 3.44. The number of nitrogens with one attached hydrogen (secondary N) is 2. The van der Waals surface area contributed by atoms with Gasteiger partial charge in [0.25, 0.3) is 15.9 Å². The van der Waals surface area contributed by atoms with Crippen LogP contribution in [0.4, 0.5) is 16.2 Å². The van der Waals surface area contributed by atoms with Crippen molar-refractivity contribution in [1.29, 1.82) is 0 Å². The second-order valence-electron chi connectivity index (χ2n) is 12.8. The molecule has 1 aliphatic heterocycles. The first-order chi connectivity index (χ1) is 23.7. The smallest absolute Gasteiger partial charge is 0.321 e. The van der Waals surface area contributed by atoms with E-state index < -0.39 is 28.1 Å². The fraction of sp³-hybridized carbons (Fsp3) is 0.514. The van der Waals surface area contributed by atoms with E-state index in [0.717, 1.165) is 12.8 Å². The Labute approximate surface area is 294 Å². The van der Waals surface area contributed by atoms with Crippen molar-refractivity contribution < 1.29 is 41.8 Å². The van der Waals surface area contributed by atoms with Gasteiger partial charge in [-0.05, 0) is 89.4 Å². The number of rotatable bonds is 9. The number of aryl methyl sites for hydroxylation is 2. The number of methoxy groups -OCH3 is 1.